The number of nitrogens with zero attached hydrogens (tertiary/aromatic N) is 2. The third kappa shape index (κ3) is 2.05. The number of carbonyl (C=O) groups excluding carboxylic acids is 2. The van der Waals surface area contributed by atoms with E-state index in [4.69, 9.17) is 23.2 Å². The molecule has 6 nitrogen and oxygen atoms in total. The third-order valence-corrected chi connectivity index (χ3v) is 1.83. The standard InChI is InChI=1S/C7H6N4O2S/c8-1-4(6(9)13)2-11-3-5(12)10-7(11)14/h2H,3H2,(H2,9,13)(H,10,12,14). The Morgan fingerprint density at radius 1 is 1.79 bits per heavy atom. The Bertz CT molecular complexity index is 382. The van der Waals surface area contributed by atoms with Gasteiger partial charge in [0.25, 0.3) is 5.91 Å². The van der Waals surface area contributed by atoms with E-state index in [9.17, 15) is 9.59 Å². The predicted molar refractivity (Wildman–Crippen MR) is 50.3 cm³/mol. The molecular weight excluding hydrogens is 204 g/mol. The summed E-state index contributed by atoms with van der Waals surface area (Å²) in [4.78, 5) is 22.8. The number of primary amides is 1. The van der Waals surface area contributed by atoms with Gasteiger partial charge in [0.15, 0.2) is 5.11 Å². The molecule has 0 aromatic rings. The normalized spacial score (nSPS) is 16.5. The first-order chi connectivity index (χ1) is 6.54. The molecule has 0 bridgehead atoms. The summed E-state index contributed by atoms with van der Waals surface area (Å²) in [6.45, 7) is -0.00269. The van der Waals surface area contributed by atoms with Crippen LogP contribution in [0.2, 0.25) is 0 Å². The van der Waals surface area contributed by atoms with Gasteiger partial charge >= 0.3 is 0 Å². The van der Waals surface area contributed by atoms with Crippen molar-refractivity contribution in [2.75, 3.05) is 6.54 Å². The molecule has 0 atom stereocenters. The van der Waals surface area contributed by atoms with Crippen LogP contribution in [0.4, 0.5) is 0 Å². The molecule has 0 aromatic heterocycles. The molecule has 3 N–H and O–H groups in total. The molecule has 1 aliphatic rings. The zero-order valence-electron chi connectivity index (χ0n) is 6.98. The van der Waals surface area contributed by atoms with Crippen molar-refractivity contribution in [2.24, 2.45) is 5.73 Å². The molecule has 7 heteroatoms. The second-order valence-corrected chi connectivity index (χ2v) is 2.89. The van der Waals surface area contributed by atoms with Gasteiger partial charge < -0.3 is 16.0 Å². The summed E-state index contributed by atoms with van der Waals surface area (Å²) in [5.74, 6) is -1.14. The lowest BCUT2D eigenvalue weighted by molar-refractivity contribution is -0.118. The van der Waals surface area contributed by atoms with Gasteiger partial charge in [-0.2, -0.15) is 5.26 Å². The van der Waals surface area contributed by atoms with Crippen LogP contribution >= 0.6 is 12.2 Å². The molecule has 2 amide bonds. The van der Waals surface area contributed by atoms with E-state index >= 15 is 0 Å². The van der Waals surface area contributed by atoms with Crippen molar-refractivity contribution in [3.8, 4) is 6.07 Å². The van der Waals surface area contributed by atoms with Crippen LogP contribution in [0.25, 0.3) is 0 Å². The molecule has 0 unspecified atom stereocenters. The summed E-state index contributed by atoms with van der Waals surface area (Å²) in [7, 11) is 0. The van der Waals surface area contributed by atoms with Crippen molar-refractivity contribution >= 4 is 29.1 Å². The highest BCUT2D eigenvalue weighted by molar-refractivity contribution is 7.80. The van der Waals surface area contributed by atoms with Gasteiger partial charge in [-0.25, -0.2) is 0 Å². The Hall–Kier alpha value is -1.94. The zero-order chi connectivity index (χ0) is 10.7. The first-order valence-electron chi connectivity index (χ1n) is 3.56. The number of hydrogen-bond acceptors (Lipinski definition) is 4. The fourth-order valence-electron chi connectivity index (χ4n) is 0.865. The lowest BCUT2D eigenvalue weighted by Crippen LogP contribution is -2.25. The van der Waals surface area contributed by atoms with Crippen LogP contribution in [0.15, 0.2) is 11.8 Å². The van der Waals surface area contributed by atoms with Gasteiger partial charge in [-0.15, -0.1) is 0 Å². The van der Waals surface area contributed by atoms with Gasteiger partial charge in [0.1, 0.15) is 18.2 Å². The van der Waals surface area contributed by atoms with E-state index < -0.39 is 5.91 Å². The second kappa shape index (κ2) is 3.85. The first kappa shape index (κ1) is 10.1. The first-order valence-corrected chi connectivity index (χ1v) is 3.97. The smallest absolute Gasteiger partial charge is 0.260 e. The molecule has 1 rings (SSSR count). The van der Waals surface area contributed by atoms with Crippen molar-refractivity contribution in [3.63, 3.8) is 0 Å². The summed E-state index contributed by atoms with van der Waals surface area (Å²) < 4.78 is 0. The fourth-order valence-corrected chi connectivity index (χ4v) is 1.10. The summed E-state index contributed by atoms with van der Waals surface area (Å²) in [5, 5.41) is 11.0. The maximum Gasteiger partial charge on any atom is 0.260 e. The van der Waals surface area contributed by atoms with Crippen LogP contribution in [-0.2, 0) is 9.59 Å². The van der Waals surface area contributed by atoms with E-state index in [-0.39, 0.29) is 23.1 Å². The van der Waals surface area contributed by atoms with Crippen molar-refractivity contribution in [2.45, 2.75) is 0 Å². The van der Waals surface area contributed by atoms with Crippen LogP contribution in [0.3, 0.4) is 0 Å². The number of amides is 2. The number of thiocarbonyl (C=S) groups is 1. The van der Waals surface area contributed by atoms with E-state index in [1.807, 2.05) is 0 Å². The van der Waals surface area contributed by atoms with Crippen LogP contribution in [0.5, 0.6) is 0 Å². The van der Waals surface area contributed by atoms with Crippen LogP contribution in [-0.4, -0.2) is 28.4 Å². The number of nitrogens with one attached hydrogen (secondary N) is 1. The molecule has 0 radical (unpaired) electrons. The molecule has 0 spiro atoms. The molecule has 1 fully saturated rings. The second-order valence-electron chi connectivity index (χ2n) is 2.50. The summed E-state index contributed by atoms with van der Waals surface area (Å²) in [6, 6.07) is 1.61. The van der Waals surface area contributed by atoms with Gasteiger partial charge in [-0.05, 0) is 12.2 Å². The summed E-state index contributed by atoms with van der Waals surface area (Å²) >= 11 is 4.76. The van der Waals surface area contributed by atoms with E-state index in [1.54, 1.807) is 6.07 Å². The average molecular weight is 210 g/mol. The van der Waals surface area contributed by atoms with E-state index in [0.717, 1.165) is 6.20 Å². The van der Waals surface area contributed by atoms with E-state index in [1.165, 1.54) is 4.90 Å². The molecule has 0 aromatic carbocycles. The summed E-state index contributed by atoms with van der Waals surface area (Å²) in [6.07, 6.45) is 1.16. The maximum absolute atomic E-state index is 10.8. The van der Waals surface area contributed by atoms with E-state index in [0.29, 0.717) is 0 Å². The highest BCUT2D eigenvalue weighted by atomic mass is 32.1. The highest BCUT2D eigenvalue weighted by Crippen LogP contribution is 2.02. The monoisotopic (exact) mass is 210 g/mol. The number of nitrogens with two attached hydrogens (primary N) is 1. The quantitative estimate of drug-likeness (QED) is 0.331. The van der Waals surface area contributed by atoms with Crippen molar-refractivity contribution in [1.29, 1.82) is 5.26 Å². The molecule has 1 heterocycles. The Kier molecular flexibility index (Phi) is 2.79. The molecule has 0 aliphatic carbocycles. The van der Waals surface area contributed by atoms with Gasteiger partial charge in [-0.3, -0.25) is 9.59 Å². The highest BCUT2D eigenvalue weighted by Gasteiger charge is 2.22. The number of hydrogen-bond donors (Lipinski definition) is 2. The Balaban J connectivity index is 2.87. The number of carbonyl (C=O) groups is 2. The van der Waals surface area contributed by atoms with Crippen molar-refractivity contribution < 1.29 is 9.59 Å². The van der Waals surface area contributed by atoms with Gasteiger partial charge in [0, 0.05) is 6.20 Å². The Morgan fingerprint density at radius 2 is 2.43 bits per heavy atom. The predicted octanol–water partition coefficient (Wildman–Crippen LogP) is -1.40. The molecule has 14 heavy (non-hydrogen) atoms. The Labute approximate surface area is 85.0 Å². The number of nitriles is 1. The van der Waals surface area contributed by atoms with Crippen LogP contribution in [0, 0.1) is 11.3 Å². The van der Waals surface area contributed by atoms with Crippen molar-refractivity contribution in [3.05, 3.63) is 11.8 Å². The topological polar surface area (TPSA) is 99.2 Å². The maximum atomic E-state index is 10.8. The van der Waals surface area contributed by atoms with Gasteiger partial charge in [-0.1, -0.05) is 0 Å². The van der Waals surface area contributed by atoms with Crippen LogP contribution < -0.4 is 11.1 Å². The molecule has 1 saturated heterocycles. The lowest BCUT2D eigenvalue weighted by Gasteiger charge is -2.08. The fraction of sp³-hybridized carbons (Fsp3) is 0.143. The molecule has 72 valence electrons. The van der Waals surface area contributed by atoms with Crippen molar-refractivity contribution in [1.82, 2.24) is 10.2 Å². The zero-order valence-corrected chi connectivity index (χ0v) is 7.80. The lowest BCUT2D eigenvalue weighted by atomic mass is 10.3. The third-order valence-electron chi connectivity index (χ3n) is 1.49. The van der Waals surface area contributed by atoms with Gasteiger partial charge in [0.05, 0.1) is 0 Å². The van der Waals surface area contributed by atoms with Gasteiger partial charge in [0.2, 0.25) is 5.91 Å². The largest absolute Gasteiger partial charge is 0.365 e. The summed E-state index contributed by atoms with van der Waals surface area (Å²) in [5.41, 5.74) is 4.65. The SMILES string of the molecule is N#CC(=CN1CC(=O)NC1=S)C(N)=O. The average Bonchev–Trinajstić information content (AvgIpc) is 2.40. The minimum atomic E-state index is -0.852. The van der Waals surface area contributed by atoms with E-state index in [2.05, 4.69) is 5.32 Å². The Morgan fingerprint density at radius 3 is 2.79 bits per heavy atom. The molecular formula is C7H6N4O2S. The minimum absolute atomic E-state index is 0.00269. The molecule has 0 saturated carbocycles. The van der Waals surface area contributed by atoms with Crippen LogP contribution in [0.1, 0.15) is 0 Å². The molecule has 1 aliphatic heterocycles. The minimum Gasteiger partial charge on any atom is -0.365 e. The number of rotatable bonds is 2.